The first-order chi connectivity index (χ1) is 12.5. The van der Waals surface area contributed by atoms with Gasteiger partial charge in [0.2, 0.25) is 0 Å². The molecule has 1 fully saturated rings. The van der Waals surface area contributed by atoms with Gasteiger partial charge in [0.15, 0.2) is 6.23 Å². The second-order valence-electron chi connectivity index (χ2n) is 6.37. The van der Waals surface area contributed by atoms with Crippen LogP contribution >= 0.6 is 0 Å². The van der Waals surface area contributed by atoms with Gasteiger partial charge in [-0.3, -0.25) is 0 Å². The van der Waals surface area contributed by atoms with Crippen LogP contribution < -0.4 is 5.32 Å². The van der Waals surface area contributed by atoms with Crippen molar-refractivity contribution in [2.24, 2.45) is 0 Å². The van der Waals surface area contributed by atoms with Crippen molar-refractivity contribution in [3.63, 3.8) is 0 Å². The summed E-state index contributed by atoms with van der Waals surface area (Å²) in [5.74, 6) is 0.495. The van der Waals surface area contributed by atoms with Gasteiger partial charge in [-0.25, -0.2) is 9.97 Å². The summed E-state index contributed by atoms with van der Waals surface area (Å²) in [7, 11) is 0. The maximum Gasteiger partial charge on any atom is 0.164 e. The molecule has 0 aliphatic carbocycles. The van der Waals surface area contributed by atoms with Gasteiger partial charge >= 0.3 is 0 Å². The molecule has 2 aromatic heterocycles. The Kier molecular flexibility index (Phi) is 5.20. The Labute approximate surface area is 150 Å². The van der Waals surface area contributed by atoms with Gasteiger partial charge in [0.25, 0.3) is 0 Å². The van der Waals surface area contributed by atoms with Gasteiger partial charge in [0.1, 0.15) is 42.2 Å². The molecule has 3 rings (SSSR count). The lowest BCUT2D eigenvalue weighted by molar-refractivity contribution is -0.0508. The predicted octanol–water partition coefficient (Wildman–Crippen LogP) is 0.293. The molecule has 0 radical (unpaired) electrons. The van der Waals surface area contributed by atoms with E-state index in [1.165, 1.54) is 17.1 Å². The standard InChI is InChI=1S/C17H21N5O4/c1-9(2)3-4-19-15-12-10(5-18)6-22(16(12)21-8-20-15)17-14(25)13(24)11(7-23)26-17/h3,6,8,11,13-14,17,23-25H,4,7H2,1-2H3,(H,19,20,21)/t11-,13-,14-,17-/m1/s1. The molecule has 0 bridgehead atoms. The Morgan fingerprint density at radius 3 is 2.77 bits per heavy atom. The zero-order valence-corrected chi connectivity index (χ0v) is 14.5. The van der Waals surface area contributed by atoms with Crippen LogP contribution in [0.15, 0.2) is 24.2 Å². The minimum absolute atomic E-state index is 0.318. The van der Waals surface area contributed by atoms with E-state index in [0.29, 0.717) is 29.0 Å². The van der Waals surface area contributed by atoms with Gasteiger partial charge in [0, 0.05) is 12.7 Å². The zero-order valence-electron chi connectivity index (χ0n) is 14.5. The molecule has 9 nitrogen and oxygen atoms in total. The summed E-state index contributed by atoms with van der Waals surface area (Å²) < 4.78 is 7.04. The lowest BCUT2D eigenvalue weighted by Gasteiger charge is -2.17. The Morgan fingerprint density at radius 2 is 2.15 bits per heavy atom. The van der Waals surface area contributed by atoms with Crippen LogP contribution in [-0.2, 0) is 4.74 Å². The minimum Gasteiger partial charge on any atom is -0.394 e. The van der Waals surface area contributed by atoms with Crippen molar-refractivity contribution in [3.05, 3.63) is 29.7 Å². The van der Waals surface area contributed by atoms with Crippen LogP contribution in [0.5, 0.6) is 0 Å². The summed E-state index contributed by atoms with van der Waals surface area (Å²) in [6.07, 6.45) is 0.486. The molecule has 0 amide bonds. The molecule has 138 valence electrons. The van der Waals surface area contributed by atoms with Crippen LogP contribution in [0.25, 0.3) is 11.0 Å². The first-order valence-electron chi connectivity index (χ1n) is 8.23. The second-order valence-corrected chi connectivity index (χ2v) is 6.37. The minimum atomic E-state index is -1.26. The molecule has 0 unspecified atom stereocenters. The number of nitrogens with one attached hydrogen (secondary N) is 1. The number of nitrogens with zero attached hydrogens (tertiary/aromatic N) is 4. The van der Waals surface area contributed by atoms with Crippen LogP contribution in [0, 0.1) is 11.3 Å². The van der Waals surface area contributed by atoms with Gasteiger partial charge in [0.05, 0.1) is 17.6 Å². The van der Waals surface area contributed by atoms with Crippen LogP contribution in [-0.4, -0.2) is 61.3 Å². The van der Waals surface area contributed by atoms with Crippen LogP contribution in [0.2, 0.25) is 0 Å². The highest BCUT2D eigenvalue weighted by atomic mass is 16.6. The van der Waals surface area contributed by atoms with E-state index in [2.05, 4.69) is 21.4 Å². The van der Waals surface area contributed by atoms with Crippen molar-refractivity contribution < 1.29 is 20.1 Å². The maximum absolute atomic E-state index is 10.3. The van der Waals surface area contributed by atoms with Crippen molar-refractivity contribution in [3.8, 4) is 6.07 Å². The van der Waals surface area contributed by atoms with Gasteiger partial charge in [-0.05, 0) is 13.8 Å². The Bertz CT molecular complexity index is 868. The quantitative estimate of drug-likeness (QED) is 0.559. The Morgan fingerprint density at radius 1 is 1.38 bits per heavy atom. The largest absolute Gasteiger partial charge is 0.394 e. The van der Waals surface area contributed by atoms with Gasteiger partial charge in [-0.2, -0.15) is 5.26 Å². The smallest absolute Gasteiger partial charge is 0.164 e. The Balaban J connectivity index is 2.04. The number of fused-ring (bicyclic) bond motifs is 1. The monoisotopic (exact) mass is 359 g/mol. The normalized spacial score (nSPS) is 25.2. The predicted molar refractivity (Wildman–Crippen MR) is 93.2 cm³/mol. The van der Waals surface area contributed by atoms with Crippen molar-refractivity contribution in [1.29, 1.82) is 5.26 Å². The fourth-order valence-corrected chi connectivity index (χ4v) is 2.96. The maximum atomic E-state index is 10.3. The van der Waals surface area contributed by atoms with E-state index in [1.54, 1.807) is 0 Å². The van der Waals surface area contributed by atoms with Crippen molar-refractivity contribution in [1.82, 2.24) is 14.5 Å². The molecule has 9 heteroatoms. The molecule has 4 atom stereocenters. The van der Waals surface area contributed by atoms with Crippen LogP contribution in [0.4, 0.5) is 5.82 Å². The average molecular weight is 359 g/mol. The molecular weight excluding hydrogens is 338 g/mol. The molecular formula is C17H21N5O4. The number of nitriles is 1. The first kappa shape index (κ1) is 18.3. The third-order valence-corrected chi connectivity index (χ3v) is 4.30. The van der Waals surface area contributed by atoms with Crippen LogP contribution in [0.1, 0.15) is 25.6 Å². The van der Waals surface area contributed by atoms with E-state index < -0.39 is 31.1 Å². The average Bonchev–Trinajstić information content (AvgIpc) is 3.13. The highest BCUT2D eigenvalue weighted by Gasteiger charge is 2.44. The van der Waals surface area contributed by atoms with E-state index in [-0.39, 0.29) is 0 Å². The third kappa shape index (κ3) is 3.15. The summed E-state index contributed by atoms with van der Waals surface area (Å²) in [6, 6.07) is 2.10. The number of rotatable bonds is 5. The summed E-state index contributed by atoms with van der Waals surface area (Å²) >= 11 is 0. The lowest BCUT2D eigenvalue weighted by Crippen LogP contribution is -2.33. The molecule has 0 saturated carbocycles. The SMILES string of the molecule is CC(C)=CCNc1ncnc2c1c(C#N)cn2[C@@H]1O[C@H](CO)[C@@H](O)[C@H]1O. The first-order valence-corrected chi connectivity index (χ1v) is 8.23. The number of aliphatic hydroxyl groups is 3. The van der Waals surface area contributed by atoms with Crippen molar-refractivity contribution in [2.75, 3.05) is 18.5 Å². The van der Waals surface area contributed by atoms with Crippen molar-refractivity contribution in [2.45, 2.75) is 38.4 Å². The number of aromatic nitrogens is 3. The molecule has 4 N–H and O–H groups in total. The third-order valence-electron chi connectivity index (χ3n) is 4.30. The van der Waals surface area contributed by atoms with Crippen LogP contribution in [0.3, 0.4) is 0 Å². The fourth-order valence-electron chi connectivity index (χ4n) is 2.96. The number of aliphatic hydroxyl groups excluding tert-OH is 3. The van der Waals surface area contributed by atoms with E-state index in [9.17, 15) is 20.6 Å². The molecule has 1 aliphatic heterocycles. The van der Waals surface area contributed by atoms with Gasteiger partial charge < -0.3 is 29.9 Å². The number of hydrogen-bond acceptors (Lipinski definition) is 8. The number of hydrogen-bond donors (Lipinski definition) is 4. The summed E-state index contributed by atoms with van der Waals surface area (Å²) in [4.78, 5) is 8.43. The highest BCUT2D eigenvalue weighted by molar-refractivity contribution is 5.93. The number of anilines is 1. The van der Waals surface area contributed by atoms with E-state index in [0.717, 1.165) is 5.57 Å². The molecule has 2 aromatic rings. The molecule has 0 spiro atoms. The molecule has 1 aliphatic rings. The Hall–Kier alpha value is -2.51. The lowest BCUT2D eigenvalue weighted by atomic mass is 10.1. The van der Waals surface area contributed by atoms with E-state index in [4.69, 9.17) is 4.74 Å². The molecule has 26 heavy (non-hydrogen) atoms. The molecule has 3 heterocycles. The summed E-state index contributed by atoms with van der Waals surface area (Å²) in [5.41, 5.74) is 1.86. The second kappa shape index (κ2) is 7.39. The summed E-state index contributed by atoms with van der Waals surface area (Å²) in [5, 5.41) is 42.7. The van der Waals surface area contributed by atoms with Gasteiger partial charge in [-0.1, -0.05) is 11.6 Å². The number of allylic oxidation sites excluding steroid dienone is 1. The van der Waals surface area contributed by atoms with E-state index in [1.807, 2.05) is 19.9 Å². The molecule has 1 saturated heterocycles. The zero-order chi connectivity index (χ0) is 18.8. The number of ether oxygens (including phenoxy) is 1. The highest BCUT2D eigenvalue weighted by Crippen LogP contribution is 2.34. The van der Waals surface area contributed by atoms with Gasteiger partial charge in [-0.15, -0.1) is 0 Å². The topological polar surface area (TPSA) is 136 Å². The summed E-state index contributed by atoms with van der Waals surface area (Å²) in [6.45, 7) is 4.08. The van der Waals surface area contributed by atoms with E-state index >= 15 is 0 Å². The molecule has 0 aromatic carbocycles. The van der Waals surface area contributed by atoms with Crippen molar-refractivity contribution >= 4 is 16.9 Å². The fraction of sp³-hybridized carbons (Fsp3) is 0.471.